The molecule has 0 atom stereocenters. The minimum Gasteiger partial charge on any atom is -0.478 e. The normalized spacial score (nSPS) is 15.1. The van der Waals surface area contributed by atoms with Gasteiger partial charge in [0.2, 0.25) is 0 Å². The fourth-order valence-corrected chi connectivity index (χ4v) is 3.47. The first-order valence-electron chi connectivity index (χ1n) is 8.86. The molecule has 0 spiro atoms. The van der Waals surface area contributed by atoms with Gasteiger partial charge in [-0.25, -0.2) is 4.79 Å². The number of piperazine rings is 1. The van der Waals surface area contributed by atoms with Crippen molar-refractivity contribution in [1.29, 1.82) is 0 Å². The number of aryl methyl sites for hydroxylation is 2. The Kier molecular flexibility index (Phi) is 5.38. The second-order valence-electron chi connectivity index (χ2n) is 6.81. The smallest absolute Gasteiger partial charge is 0.336 e. The first kappa shape index (κ1) is 18.1. The number of aromatic carboxylic acids is 1. The summed E-state index contributed by atoms with van der Waals surface area (Å²) in [5.41, 5.74) is 3.05. The van der Waals surface area contributed by atoms with E-state index in [0.29, 0.717) is 29.8 Å². The second kappa shape index (κ2) is 7.70. The Morgan fingerprint density at radius 3 is 2.04 bits per heavy atom. The van der Waals surface area contributed by atoms with Crippen LogP contribution in [0.5, 0.6) is 0 Å². The fraction of sp³-hybridized carbons (Fsp3) is 0.333. The molecule has 1 heterocycles. The van der Waals surface area contributed by atoms with Gasteiger partial charge in [0.05, 0.1) is 11.1 Å². The molecule has 2 aromatic carbocycles. The predicted molar refractivity (Wildman–Crippen MR) is 100 cm³/mol. The summed E-state index contributed by atoms with van der Waals surface area (Å²) in [5.74, 6) is -1.22. The molecule has 5 nitrogen and oxygen atoms in total. The van der Waals surface area contributed by atoms with Gasteiger partial charge in [-0.1, -0.05) is 42.5 Å². The van der Waals surface area contributed by atoms with Crippen LogP contribution in [0.2, 0.25) is 0 Å². The van der Waals surface area contributed by atoms with E-state index < -0.39 is 5.97 Å². The standard InChI is InChI=1S/C21H24N2O3/c1-15-8-9-16(2)19(21(25)26)18(15)20(24)23-12-10-22(11-13-23)14-17-6-4-3-5-7-17/h3-9H,10-14H2,1-2H3,(H,25,26). The highest BCUT2D eigenvalue weighted by Crippen LogP contribution is 2.22. The van der Waals surface area contributed by atoms with Crippen LogP contribution in [0.1, 0.15) is 37.4 Å². The van der Waals surface area contributed by atoms with E-state index in [1.54, 1.807) is 24.8 Å². The number of amides is 1. The second-order valence-corrected chi connectivity index (χ2v) is 6.81. The minimum absolute atomic E-state index is 0.127. The van der Waals surface area contributed by atoms with Crippen molar-refractivity contribution in [2.75, 3.05) is 26.2 Å². The topological polar surface area (TPSA) is 60.9 Å². The lowest BCUT2D eigenvalue weighted by Crippen LogP contribution is -2.48. The molecule has 0 unspecified atom stereocenters. The molecule has 1 amide bonds. The van der Waals surface area contributed by atoms with Crippen LogP contribution in [0.4, 0.5) is 0 Å². The Balaban J connectivity index is 1.71. The number of carbonyl (C=O) groups is 2. The van der Waals surface area contributed by atoms with Gasteiger partial charge in [-0.15, -0.1) is 0 Å². The molecule has 0 aliphatic carbocycles. The van der Waals surface area contributed by atoms with Crippen molar-refractivity contribution < 1.29 is 14.7 Å². The molecule has 0 bridgehead atoms. The zero-order valence-electron chi connectivity index (χ0n) is 15.2. The summed E-state index contributed by atoms with van der Waals surface area (Å²) >= 11 is 0. The molecule has 1 N–H and O–H groups in total. The van der Waals surface area contributed by atoms with Crippen molar-refractivity contribution in [3.63, 3.8) is 0 Å². The molecular weight excluding hydrogens is 328 g/mol. The van der Waals surface area contributed by atoms with Gasteiger partial charge < -0.3 is 10.0 Å². The van der Waals surface area contributed by atoms with Crippen molar-refractivity contribution in [3.05, 3.63) is 70.3 Å². The van der Waals surface area contributed by atoms with Crippen LogP contribution >= 0.6 is 0 Å². The van der Waals surface area contributed by atoms with Gasteiger partial charge in [0, 0.05) is 32.7 Å². The van der Waals surface area contributed by atoms with Crippen molar-refractivity contribution in [2.45, 2.75) is 20.4 Å². The highest BCUT2D eigenvalue weighted by molar-refractivity contribution is 6.06. The Hall–Kier alpha value is -2.66. The zero-order valence-corrected chi connectivity index (χ0v) is 15.2. The van der Waals surface area contributed by atoms with Gasteiger partial charge in [-0.05, 0) is 30.5 Å². The maximum Gasteiger partial charge on any atom is 0.336 e. The lowest BCUT2D eigenvalue weighted by Gasteiger charge is -2.35. The van der Waals surface area contributed by atoms with Crippen molar-refractivity contribution in [1.82, 2.24) is 9.80 Å². The molecule has 0 radical (unpaired) electrons. The van der Waals surface area contributed by atoms with Crippen molar-refractivity contribution in [2.24, 2.45) is 0 Å². The summed E-state index contributed by atoms with van der Waals surface area (Å²) in [7, 11) is 0. The lowest BCUT2D eigenvalue weighted by molar-refractivity contribution is 0.0607. The molecule has 1 aliphatic rings. The average molecular weight is 352 g/mol. The van der Waals surface area contributed by atoms with Crippen LogP contribution in [0.3, 0.4) is 0 Å². The van der Waals surface area contributed by atoms with Gasteiger partial charge in [0.15, 0.2) is 0 Å². The van der Waals surface area contributed by atoms with E-state index in [1.165, 1.54) is 5.56 Å². The Labute approximate surface area is 153 Å². The highest BCUT2D eigenvalue weighted by atomic mass is 16.4. The van der Waals surface area contributed by atoms with Crippen LogP contribution in [0.25, 0.3) is 0 Å². The quantitative estimate of drug-likeness (QED) is 0.919. The summed E-state index contributed by atoms with van der Waals surface area (Å²) < 4.78 is 0. The third kappa shape index (κ3) is 3.78. The van der Waals surface area contributed by atoms with Gasteiger partial charge in [-0.2, -0.15) is 0 Å². The Bertz CT molecular complexity index is 810. The van der Waals surface area contributed by atoms with Crippen LogP contribution in [-0.4, -0.2) is 53.0 Å². The van der Waals surface area contributed by atoms with Gasteiger partial charge in [-0.3, -0.25) is 9.69 Å². The van der Waals surface area contributed by atoms with E-state index in [-0.39, 0.29) is 11.5 Å². The Morgan fingerprint density at radius 2 is 1.46 bits per heavy atom. The van der Waals surface area contributed by atoms with E-state index in [1.807, 2.05) is 24.3 Å². The highest BCUT2D eigenvalue weighted by Gasteiger charge is 2.27. The summed E-state index contributed by atoms with van der Waals surface area (Å²) in [4.78, 5) is 28.8. The molecule has 1 saturated heterocycles. The van der Waals surface area contributed by atoms with E-state index in [2.05, 4.69) is 17.0 Å². The fourth-order valence-electron chi connectivity index (χ4n) is 3.47. The first-order chi connectivity index (χ1) is 12.5. The minimum atomic E-state index is -1.04. The number of hydrogen-bond acceptors (Lipinski definition) is 3. The largest absolute Gasteiger partial charge is 0.478 e. The third-order valence-electron chi connectivity index (χ3n) is 4.96. The van der Waals surface area contributed by atoms with E-state index in [0.717, 1.165) is 19.6 Å². The molecular formula is C21H24N2O3. The molecule has 1 aliphatic heterocycles. The zero-order chi connectivity index (χ0) is 18.7. The van der Waals surface area contributed by atoms with Gasteiger partial charge in [0.1, 0.15) is 0 Å². The van der Waals surface area contributed by atoms with Crippen LogP contribution < -0.4 is 0 Å². The van der Waals surface area contributed by atoms with E-state index in [9.17, 15) is 14.7 Å². The molecule has 0 aromatic heterocycles. The number of carboxylic acids is 1. The van der Waals surface area contributed by atoms with Crippen LogP contribution in [0, 0.1) is 13.8 Å². The predicted octanol–water partition coefficient (Wildman–Crippen LogP) is 2.96. The van der Waals surface area contributed by atoms with Gasteiger partial charge >= 0.3 is 5.97 Å². The SMILES string of the molecule is Cc1ccc(C)c(C(=O)N2CCN(Cc3ccccc3)CC2)c1C(=O)O. The number of nitrogens with zero attached hydrogens (tertiary/aromatic N) is 2. The molecule has 5 heteroatoms. The van der Waals surface area contributed by atoms with Crippen molar-refractivity contribution in [3.8, 4) is 0 Å². The Morgan fingerprint density at radius 1 is 0.885 bits per heavy atom. The molecule has 1 fully saturated rings. The molecule has 3 rings (SSSR count). The summed E-state index contributed by atoms with van der Waals surface area (Å²) in [6.45, 7) is 7.19. The first-order valence-corrected chi connectivity index (χ1v) is 8.86. The summed E-state index contributed by atoms with van der Waals surface area (Å²) in [6.07, 6.45) is 0. The molecule has 26 heavy (non-hydrogen) atoms. The average Bonchev–Trinajstić information content (AvgIpc) is 2.64. The van der Waals surface area contributed by atoms with E-state index >= 15 is 0 Å². The lowest BCUT2D eigenvalue weighted by atomic mass is 9.96. The molecule has 2 aromatic rings. The number of benzene rings is 2. The monoisotopic (exact) mass is 352 g/mol. The number of hydrogen-bond donors (Lipinski definition) is 1. The van der Waals surface area contributed by atoms with Gasteiger partial charge in [0.25, 0.3) is 5.91 Å². The number of carboxylic acid groups (broad SMARTS) is 1. The summed E-state index contributed by atoms with van der Waals surface area (Å²) in [5, 5.41) is 9.55. The van der Waals surface area contributed by atoms with Crippen LogP contribution in [-0.2, 0) is 6.54 Å². The van der Waals surface area contributed by atoms with Crippen LogP contribution in [0.15, 0.2) is 42.5 Å². The van der Waals surface area contributed by atoms with Crippen molar-refractivity contribution >= 4 is 11.9 Å². The maximum atomic E-state index is 13.0. The molecule has 136 valence electrons. The third-order valence-corrected chi connectivity index (χ3v) is 4.96. The molecule has 0 saturated carbocycles. The van der Waals surface area contributed by atoms with E-state index in [4.69, 9.17) is 0 Å². The maximum absolute atomic E-state index is 13.0. The number of rotatable bonds is 4. The number of carbonyl (C=O) groups excluding carboxylic acids is 1. The summed E-state index contributed by atoms with van der Waals surface area (Å²) in [6, 6.07) is 13.9.